The Morgan fingerprint density at radius 3 is 2.62 bits per heavy atom. The lowest BCUT2D eigenvalue weighted by atomic mass is 9.97. The molecule has 1 aromatic carbocycles. The lowest BCUT2D eigenvalue weighted by Crippen LogP contribution is -2.45. The van der Waals surface area contributed by atoms with Crippen LogP contribution in [-0.2, 0) is 6.18 Å². The second kappa shape index (κ2) is 7.09. The van der Waals surface area contributed by atoms with Crippen molar-refractivity contribution in [2.75, 3.05) is 26.2 Å². The van der Waals surface area contributed by atoms with Gasteiger partial charge < -0.3 is 5.32 Å². The van der Waals surface area contributed by atoms with E-state index in [-0.39, 0.29) is 6.04 Å². The first-order valence-electron chi connectivity index (χ1n) is 7.25. The highest BCUT2D eigenvalue weighted by Gasteiger charge is 2.31. The summed E-state index contributed by atoms with van der Waals surface area (Å²) in [4.78, 5) is 2.26. The smallest absolute Gasteiger partial charge is 0.314 e. The van der Waals surface area contributed by atoms with Gasteiger partial charge in [0.05, 0.1) is 5.56 Å². The molecule has 1 fully saturated rings. The number of nitrogens with zero attached hydrogens (tertiary/aromatic N) is 1. The minimum Gasteiger partial charge on any atom is -0.314 e. The van der Waals surface area contributed by atoms with Gasteiger partial charge in [0.1, 0.15) is 0 Å². The quantitative estimate of drug-likeness (QED) is 0.835. The molecule has 21 heavy (non-hydrogen) atoms. The molecular formula is C16H21F3N2. The molecule has 0 aromatic heterocycles. The largest absolute Gasteiger partial charge is 0.416 e. The molecule has 1 saturated heterocycles. The zero-order valence-electron chi connectivity index (χ0n) is 12.0. The maximum Gasteiger partial charge on any atom is 0.416 e. The van der Waals surface area contributed by atoms with Crippen LogP contribution in [0, 0.1) is 0 Å². The van der Waals surface area contributed by atoms with Crippen LogP contribution in [-0.4, -0.2) is 31.1 Å². The summed E-state index contributed by atoms with van der Waals surface area (Å²) in [6.07, 6.45) is -0.874. The monoisotopic (exact) mass is 298 g/mol. The Morgan fingerprint density at radius 2 is 2.00 bits per heavy atom. The zero-order valence-corrected chi connectivity index (χ0v) is 12.0. The molecule has 0 saturated carbocycles. The summed E-state index contributed by atoms with van der Waals surface area (Å²) >= 11 is 0. The molecular weight excluding hydrogens is 277 g/mol. The Balaban J connectivity index is 2.24. The van der Waals surface area contributed by atoms with Crippen LogP contribution in [0.1, 0.15) is 30.0 Å². The van der Waals surface area contributed by atoms with Gasteiger partial charge in [0, 0.05) is 32.2 Å². The van der Waals surface area contributed by atoms with Crippen molar-refractivity contribution in [1.82, 2.24) is 10.2 Å². The topological polar surface area (TPSA) is 15.3 Å². The van der Waals surface area contributed by atoms with Crippen LogP contribution >= 0.6 is 0 Å². The van der Waals surface area contributed by atoms with Crippen molar-refractivity contribution < 1.29 is 13.2 Å². The lowest BCUT2D eigenvalue weighted by Gasteiger charge is -2.35. The Labute approximate surface area is 123 Å². The van der Waals surface area contributed by atoms with Crippen LogP contribution in [0.3, 0.4) is 0 Å². The lowest BCUT2D eigenvalue weighted by molar-refractivity contribution is -0.137. The summed E-state index contributed by atoms with van der Waals surface area (Å²) < 4.78 is 38.7. The van der Waals surface area contributed by atoms with Crippen molar-refractivity contribution >= 4 is 0 Å². The van der Waals surface area contributed by atoms with Gasteiger partial charge in [-0.2, -0.15) is 13.2 Å². The highest BCUT2D eigenvalue weighted by molar-refractivity contribution is 5.28. The van der Waals surface area contributed by atoms with Gasteiger partial charge >= 0.3 is 6.18 Å². The average molecular weight is 298 g/mol. The van der Waals surface area contributed by atoms with Crippen LogP contribution in [0.25, 0.3) is 0 Å². The Morgan fingerprint density at radius 1 is 1.29 bits per heavy atom. The van der Waals surface area contributed by atoms with Crippen molar-refractivity contribution in [2.24, 2.45) is 0 Å². The molecule has 1 N–H and O–H groups in total. The minimum atomic E-state index is -4.29. The van der Waals surface area contributed by atoms with Gasteiger partial charge in [-0.3, -0.25) is 4.90 Å². The number of rotatable bonds is 5. The van der Waals surface area contributed by atoms with E-state index in [2.05, 4.69) is 16.8 Å². The van der Waals surface area contributed by atoms with Crippen LogP contribution in [0.5, 0.6) is 0 Å². The summed E-state index contributed by atoms with van der Waals surface area (Å²) in [7, 11) is 0. The maximum absolute atomic E-state index is 12.9. The predicted molar refractivity (Wildman–Crippen MR) is 78.1 cm³/mol. The normalized spacial score (nSPS) is 18.4. The van der Waals surface area contributed by atoms with E-state index in [0.717, 1.165) is 50.7 Å². The van der Waals surface area contributed by atoms with Crippen molar-refractivity contribution in [3.05, 3.63) is 48.0 Å². The molecule has 0 spiro atoms. The summed E-state index contributed by atoms with van der Waals surface area (Å²) in [5.41, 5.74) is 0.173. The summed E-state index contributed by atoms with van der Waals surface area (Å²) in [5, 5.41) is 3.27. The minimum absolute atomic E-state index is 0.0207. The van der Waals surface area contributed by atoms with E-state index >= 15 is 0 Å². The summed E-state index contributed by atoms with van der Waals surface area (Å²) in [6.45, 7) is 7.19. The molecule has 0 bridgehead atoms. The van der Waals surface area contributed by atoms with Crippen molar-refractivity contribution in [1.29, 1.82) is 0 Å². The van der Waals surface area contributed by atoms with Crippen LogP contribution in [0.2, 0.25) is 0 Å². The van der Waals surface area contributed by atoms with E-state index in [4.69, 9.17) is 0 Å². The summed E-state index contributed by atoms with van der Waals surface area (Å²) in [5.74, 6) is 0. The fourth-order valence-electron chi connectivity index (χ4n) is 2.75. The molecule has 1 aromatic rings. The third-order valence-corrected chi connectivity index (χ3v) is 3.84. The molecule has 2 nitrogen and oxygen atoms in total. The SMILES string of the molecule is C=CCC[C@H](c1cccc(C(F)(F)F)c1)N1CCNCC1. The van der Waals surface area contributed by atoms with Crippen LogP contribution in [0.4, 0.5) is 13.2 Å². The number of hydrogen-bond acceptors (Lipinski definition) is 2. The van der Waals surface area contributed by atoms with E-state index in [1.54, 1.807) is 6.07 Å². The van der Waals surface area contributed by atoms with Gasteiger partial charge in [-0.15, -0.1) is 6.58 Å². The number of nitrogens with one attached hydrogen (secondary N) is 1. The molecule has 0 aliphatic carbocycles. The molecule has 0 unspecified atom stereocenters. The molecule has 1 atom stereocenters. The van der Waals surface area contributed by atoms with Gasteiger partial charge in [0.15, 0.2) is 0 Å². The molecule has 0 amide bonds. The molecule has 1 aliphatic heterocycles. The Bertz CT molecular complexity index is 465. The Kier molecular flexibility index (Phi) is 5.42. The van der Waals surface area contributed by atoms with E-state index in [0.29, 0.717) is 0 Å². The first kappa shape index (κ1) is 16.0. The van der Waals surface area contributed by atoms with Gasteiger partial charge in [0.25, 0.3) is 0 Å². The number of piperazine rings is 1. The second-order valence-electron chi connectivity index (χ2n) is 5.29. The van der Waals surface area contributed by atoms with Gasteiger partial charge in [-0.1, -0.05) is 18.2 Å². The number of benzene rings is 1. The van der Waals surface area contributed by atoms with E-state index in [1.165, 1.54) is 12.1 Å². The van der Waals surface area contributed by atoms with Crippen molar-refractivity contribution in [3.63, 3.8) is 0 Å². The van der Waals surface area contributed by atoms with Gasteiger partial charge in [-0.25, -0.2) is 0 Å². The molecule has 5 heteroatoms. The third-order valence-electron chi connectivity index (χ3n) is 3.84. The zero-order chi connectivity index (χ0) is 15.3. The molecule has 2 rings (SSSR count). The van der Waals surface area contributed by atoms with E-state index in [1.807, 2.05) is 6.08 Å². The summed E-state index contributed by atoms with van der Waals surface area (Å²) in [6, 6.07) is 5.74. The van der Waals surface area contributed by atoms with Crippen LogP contribution in [0.15, 0.2) is 36.9 Å². The molecule has 1 heterocycles. The standard InChI is InChI=1S/C16H21F3N2/c1-2-3-7-15(21-10-8-20-9-11-21)13-5-4-6-14(12-13)16(17,18)19/h2,4-6,12,15,20H,1,3,7-11H2/t15-/m1/s1. The molecule has 0 radical (unpaired) electrons. The number of allylic oxidation sites excluding steroid dienone is 1. The predicted octanol–water partition coefficient (Wildman–Crippen LogP) is 3.62. The van der Waals surface area contributed by atoms with Gasteiger partial charge in [0.2, 0.25) is 0 Å². The first-order valence-corrected chi connectivity index (χ1v) is 7.25. The number of halogens is 3. The average Bonchev–Trinajstić information content (AvgIpc) is 2.48. The third kappa shape index (κ3) is 4.32. The highest BCUT2D eigenvalue weighted by atomic mass is 19.4. The fraction of sp³-hybridized carbons (Fsp3) is 0.500. The van der Waals surface area contributed by atoms with Crippen molar-refractivity contribution in [2.45, 2.75) is 25.1 Å². The fourth-order valence-corrected chi connectivity index (χ4v) is 2.75. The number of hydrogen-bond donors (Lipinski definition) is 1. The first-order chi connectivity index (χ1) is 10.0. The molecule has 116 valence electrons. The van der Waals surface area contributed by atoms with E-state index in [9.17, 15) is 13.2 Å². The second-order valence-corrected chi connectivity index (χ2v) is 5.29. The maximum atomic E-state index is 12.9. The van der Waals surface area contributed by atoms with Gasteiger partial charge in [-0.05, 0) is 30.5 Å². The van der Waals surface area contributed by atoms with Crippen LogP contribution < -0.4 is 5.32 Å². The number of alkyl halides is 3. The highest BCUT2D eigenvalue weighted by Crippen LogP contribution is 2.33. The van der Waals surface area contributed by atoms with Crippen molar-refractivity contribution in [3.8, 4) is 0 Å². The van der Waals surface area contributed by atoms with E-state index < -0.39 is 11.7 Å². The molecule has 1 aliphatic rings. The Hall–Kier alpha value is -1.33.